The normalized spacial score (nSPS) is 36.8. The summed E-state index contributed by atoms with van der Waals surface area (Å²) in [7, 11) is 0. The number of aliphatic hydroxyl groups excluding tert-OH is 1. The number of carbonyl (C=O) groups is 1. The maximum absolute atomic E-state index is 12.4. The highest BCUT2D eigenvalue weighted by molar-refractivity contribution is 5.75. The van der Waals surface area contributed by atoms with Crippen LogP contribution in [-0.2, 0) is 0 Å². The summed E-state index contributed by atoms with van der Waals surface area (Å²) in [6.45, 7) is 3.80. The number of aliphatic hydroxyl groups is 1. The molecule has 0 heterocycles. The first kappa shape index (κ1) is 14.2. The standard InChI is InChI=1S/C16H28N2O2/c1-2-3-7-18(8-4-9-19)16(20)17-15-13-11-5-6-12(10-11)14(13)15/h11-15,19H,2-10H2,1H3,(H,17,20). The molecule has 0 aromatic heterocycles. The van der Waals surface area contributed by atoms with Crippen molar-refractivity contribution < 1.29 is 9.90 Å². The van der Waals surface area contributed by atoms with E-state index < -0.39 is 0 Å². The number of fused-ring (bicyclic) bond motifs is 5. The molecule has 114 valence electrons. The molecule has 0 radical (unpaired) electrons. The van der Waals surface area contributed by atoms with Gasteiger partial charge in [-0.15, -0.1) is 0 Å². The fourth-order valence-electron chi connectivity index (χ4n) is 4.68. The summed E-state index contributed by atoms with van der Waals surface area (Å²) in [5.41, 5.74) is 0. The Morgan fingerprint density at radius 2 is 1.85 bits per heavy atom. The third-order valence-corrected chi connectivity index (χ3v) is 5.68. The van der Waals surface area contributed by atoms with Crippen LogP contribution in [0, 0.1) is 23.7 Å². The van der Waals surface area contributed by atoms with Crippen molar-refractivity contribution in [2.24, 2.45) is 23.7 Å². The molecule has 4 atom stereocenters. The van der Waals surface area contributed by atoms with Crippen molar-refractivity contribution in [3.8, 4) is 0 Å². The highest BCUT2D eigenvalue weighted by Crippen LogP contribution is 2.65. The van der Waals surface area contributed by atoms with Crippen molar-refractivity contribution in [2.75, 3.05) is 19.7 Å². The van der Waals surface area contributed by atoms with Crippen LogP contribution in [0.2, 0.25) is 0 Å². The highest BCUT2D eigenvalue weighted by atomic mass is 16.3. The molecule has 2 bridgehead atoms. The molecule has 4 nitrogen and oxygen atoms in total. The van der Waals surface area contributed by atoms with E-state index in [1.807, 2.05) is 4.90 Å². The van der Waals surface area contributed by atoms with Crippen molar-refractivity contribution in [3.05, 3.63) is 0 Å². The van der Waals surface area contributed by atoms with Crippen LogP contribution in [0.4, 0.5) is 4.79 Å². The van der Waals surface area contributed by atoms with Crippen molar-refractivity contribution >= 4 is 6.03 Å². The van der Waals surface area contributed by atoms with E-state index >= 15 is 0 Å². The third-order valence-electron chi connectivity index (χ3n) is 5.68. The van der Waals surface area contributed by atoms with Crippen LogP contribution < -0.4 is 5.32 Å². The smallest absolute Gasteiger partial charge is 0.317 e. The zero-order valence-electron chi connectivity index (χ0n) is 12.6. The number of amides is 2. The molecule has 4 heteroatoms. The summed E-state index contributed by atoms with van der Waals surface area (Å²) in [6, 6.07) is 0.567. The van der Waals surface area contributed by atoms with Gasteiger partial charge in [0.1, 0.15) is 0 Å². The van der Waals surface area contributed by atoms with Crippen LogP contribution >= 0.6 is 0 Å². The summed E-state index contributed by atoms with van der Waals surface area (Å²) < 4.78 is 0. The predicted octanol–water partition coefficient (Wildman–Crippen LogP) is 2.22. The van der Waals surface area contributed by atoms with E-state index in [2.05, 4.69) is 12.2 Å². The SMILES string of the molecule is CCCCN(CCCO)C(=O)NC1C2C3CCC(C3)C12. The van der Waals surface area contributed by atoms with E-state index in [-0.39, 0.29) is 12.6 Å². The maximum atomic E-state index is 12.4. The number of nitrogens with zero attached hydrogens (tertiary/aromatic N) is 1. The maximum Gasteiger partial charge on any atom is 0.317 e. The second-order valence-electron chi connectivity index (χ2n) is 6.88. The van der Waals surface area contributed by atoms with Gasteiger partial charge in [0.05, 0.1) is 0 Å². The Bertz CT molecular complexity index is 336. The first-order valence-electron chi connectivity index (χ1n) is 8.42. The average Bonchev–Trinajstić information content (AvgIpc) is 2.85. The number of urea groups is 1. The quantitative estimate of drug-likeness (QED) is 0.751. The summed E-state index contributed by atoms with van der Waals surface area (Å²) in [4.78, 5) is 14.3. The van der Waals surface area contributed by atoms with Gasteiger partial charge < -0.3 is 15.3 Å². The second kappa shape index (κ2) is 5.92. The van der Waals surface area contributed by atoms with Crippen LogP contribution in [-0.4, -0.2) is 41.8 Å². The summed E-state index contributed by atoms with van der Waals surface area (Å²) in [5.74, 6) is 3.39. The summed E-state index contributed by atoms with van der Waals surface area (Å²) in [5, 5.41) is 12.2. The minimum absolute atomic E-state index is 0.103. The summed E-state index contributed by atoms with van der Waals surface area (Å²) in [6.07, 6.45) is 7.03. The largest absolute Gasteiger partial charge is 0.396 e. The number of hydrogen-bond donors (Lipinski definition) is 2. The number of unbranched alkanes of at least 4 members (excludes halogenated alkanes) is 1. The Hall–Kier alpha value is -0.770. The molecule has 3 aliphatic carbocycles. The molecule has 0 aromatic rings. The first-order valence-corrected chi connectivity index (χ1v) is 8.42. The van der Waals surface area contributed by atoms with E-state index in [1.165, 1.54) is 19.3 Å². The van der Waals surface area contributed by atoms with Gasteiger partial charge in [-0.3, -0.25) is 0 Å². The van der Waals surface area contributed by atoms with E-state index in [4.69, 9.17) is 5.11 Å². The Morgan fingerprint density at radius 3 is 2.45 bits per heavy atom. The molecule has 0 spiro atoms. The lowest BCUT2D eigenvalue weighted by Gasteiger charge is -2.23. The van der Waals surface area contributed by atoms with Gasteiger partial charge >= 0.3 is 6.03 Å². The fourth-order valence-corrected chi connectivity index (χ4v) is 4.68. The minimum atomic E-state index is 0.103. The molecule has 4 unspecified atom stereocenters. The molecule has 2 amide bonds. The van der Waals surface area contributed by atoms with Gasteiger partial charge in [0, 0.05) is 25.7 Å². The lowest BCUT2D eigenvalue weighted by atomic mass is 10.0. The van der Waals surface area contributed by atoms with Gasteiger partial charge in [-0.2, -0.15) is 0 Å². The van der Waals surface area contributed by atoms with Crippen LogP contribution in [0.25, 0.3) is 0 Å². The number of nitrogens with one attached hydrogen (secondary N) is 1. The molecule has 3 fully saturated rings. The number of carbonyl (C=O) groups excluding carboxylic acids is 1. The van der Waals surface area contributed by atoms with Crippen LogP contribution in [0.15, 0.2) is 0 Å². The second-order valence-corrected chi connectivity index (χ2v) is 6.88. The molecule has 3 saturated carbocycles. The molecule has 3 aliphatic rings. The van der Waals surface area contributed by atoms with E-state index in [0.717, 1.165) is 43.1 Å². The molecular weight excluding hydrogens is 252 g/mol. The molecule has 0 saturated heterocycles. The first-order chi connectivity index (χ1) is 9.76. The van der Waals surface area contributed by atoms with Gasteiger partial charge in [0.2, 0.25) is 0 Å². The molecular formula is C16H28N2O2. The fraction of sp³-hybridized carbons (Fsp3) is 0.938. The third kappa shape index (κ3) is 2.54. The van der Waals surface area contributed by atoms with Gasteiger partial charge in [-0.25, -0.2) is 4.79 Å². The van der Waals surface area contributed by atoms with Gasteiger partial charge in [0.15, 0.2) is 0 Å². The Labute approximate surface area is 121 Å². The van der Waals surface area contributed by atoms with E-state index in [9.17, 15) is 4.79 Å². The zero-order valence-corrected chi connectivity index (χ0v) is 12.6. The minimum Gasteiger partial charge on any atom is -0.396 e. The monoisotopic (exact) mass is 280 g/mol. The number of rotatable bonds is 7. The van der Waals surface area contributed by atoms with Crippen molar-refractivity contribution in [2.45, 2.75) is 51.5 Å². The van der Waals surface area contributed by atoms with Gasteiger partial charge in [0.25, 0.3) is 0 Å². The molecule has 2 N–H and O–H groups in total. The topological polar surface area (TPSA) is 52.6 Å². The van der Waals surface area contributed by atoms with Crippen LogP contribution in [0.5, 0.6) is 0 Å². The Morgan fingerprint density at radius 1 is 1.20 bits per heavy atom. The van der Waals surface area contributed by atoms with Crippen molar-refractivity contribution in [1.29, 1.82) is 0 Å². The molecule has 3 rings (SSSR count). The van der Waals surface area contributed by atoms with Crippen LogP contribution in [0.3, 0.4) is 0 Å². The average molecular weight is 280 g/mol. The van der Waals surface area contributed by atoms with Crippen molar-refractivity contribution in [3.63, 3.8) is 0 Å². The Kier molecular flexibility index (Phi) is 4.20. The summed E-state index contributed by atoms with van der Waals surface area (Å²) >= 11 is 0. The van der Waals surface area contributed by atoms with E-state index in [0.29, 0.717) is 19.0 Å². The lowest BCUT2D eigenvalue weighted by molar-refractivity contribution is 0.186. The lowest BCUT2D eigenvalue weighted by Crippen LogP contribution is -2.43. The Balaban J connectivity index is 1.49. The van der Waals surface area contributed by atoms with Gasteiger partial charge in [-0.05, 0) is 55.8 Å². The van der Waals surface area contributed by atoms with E-state index in [1.54, 1.807) is 0 Å². The zero-order chi connectivity index (χ0) is 14.1. The van der Waals surface area contributed by atoms with Crippen molar-refractivity contribution in [1.82, 2.24) is 10.2 Å². The predicted molar refractivity (Wildman–Crippen MR) is 78.3 cm³/mol. The highest BCUT2D eigenvalue weighted by Gasteiger charge is 2.65. The van der Waals surface area contributed by atoms with Gasteiger partial charge in [-0.1, -0.05) is 13.3 Å². The van der Waals surface area contributed by atoms with Crippen LogP contribution in [0.1, 0.15) is 45.4 Å². The number of hydrogen-bond acceptors (Lipinski definition) is 2. The molecule has 0 aliphatic heterocycles. The molecule has 20 heavy (non-hydrogen) atoms. The molecule has 0 aromatic carbocycles.